The zero-order valence-electron chi connectivity index (χ0n) is 16.0. The van der Waals surface area contributed by atoms with Crippen LogP contribution in [0.4, 0.5) is 5.69 Å². The Morgan fingerprint density at radius 1 is 0.964 bits per heavy atom. The quantitative estimate of drug-likeness (QED) is 0.714. The van der Waals surface area contributed by atoms with E-state index in [0.29, 0.717) is 5.69 Å². The van der Waals surface area contributed by atoms with E-state index in [4.69, 9.17) is 0 Å². The Bertz CT molecular complexity index is 927. The van der Waals surface area contributed by atoms with Crippen molar-refractivity contribution in [1.82, 2.24) is 4.72 Å². The molecule has 0 bridgehead atoms. The number of carbonyl (C=O) groups is 1. The van der Waals surface area contributed by atoms with Gasteiger partial charge in [0.05, 0.1) is 4.90 Å². The predicted molar refractivity (Wildman–Crippen MR) is 112 cm³/mol. The molecule has 6 heteroatoms. The molecule has 148 valence electrons. The second-order valence-electron chi connectivity index (χ2n) is 7.21. The van der Waals surface area contributed by atoms with E-state index in [0.717, 1.165) is 36.8 Å². The summed E-state index contributed by atoms with van der Waals surface area (Å²) < 4.78 is 27.8. The van der Waals surface area contributed by atoms with E-state index in [2.05, 4.69) is 10.0 Å². The lowest BCUT2D eigenvalue weighted by atomic mass is 9.96. The summed E-state index contributed by atoms with van der Waals surface area (Å²) in [6.07, 6.45) is 8.27. The molecule has 1 aliphatic carbocycles. The Balaban J connectivity index is 1.58. The van der Waals surface area contributed by atoms with Crippen LogP contribution in [0.5, 0.6) is 0 Å². The fourth-order valence-corrected chi connectivity index (χ4v) is 4.56. The number of carbonyl (C=O) groups excluding carboxylic acids is 1. The molecule has 2 N–H and O–H groups in total. The number of benzene rings is 2. The van der Waals surface area contributed by atoms with Crippen LogP contribution in [0.1, 0.15) is 43.2 Å². The fourth-order valence-electron chi connectivity index (χ4n) is 3.26. The number of rotatable bonds is 6. The van der Waals surface area contributed by atoms with Crippen molar-refractivity contribution in [1.29, 1.82) is 0 Å². The van der Waals surface area contributed by atoms with Gasteiger partial charge in [0.1, 0.15) is 0 Å². The molecule has 0 atom stereocenters. The van der Waals surface area contributed by atoms with E-state index >= 15 is 0 Å². The minimum atomic E-state index is -3.53. The molecule has 0 aliphatic heterocycles. The molecular weight excluding hydrogens is 372 g/mol. The van der Waals surface area contributed by atoms with E-state index in [1.165, 1.54) is 24.6 Å². The molecule has 1 fully saturated rings. The average molecular weight is 399 g/mol. The van der Waals surface area contributed by atoms with Gasteiger partial charge in [-0.25, -0.2) is 13.1 Å². The van der Waals surface area contributed by atoms with Crippen molar-refractivity contribution in [2.24, 2.45) is 0 Å². The number of hydrogen-bond donors (Lipinski definition) is 2. The number of hydrogen-bond acceptors (Lipinski definition) is 3. The van der Waals surface area contributed by atoms with Crippen LogP contribution >= 0.6 is 0 Å². The van der Waals surface area contributed by atoms with Gasteiger partial charge in [0.15, 0.2) is 0 Å². The first-order chi connectivity index (χ1) is 13.4. The van der Waals surface area contributed by atoms with Crippen LogP contribution in [0, 0.1) is 6.92 Å². The summed E-state index contributed by atoms with van der Waals surface area (Å²) in [7, 11) is -3.53. The number of anilines is 1. The third kappa shape index (κ3) is 5.78. The minimum absolute atomic E-state index is 0.0186. The van der Waals surface area contributed by atoms with Gasteiger partial charge in [-0.05, 0) is 55.7 Å². The number of nitrogens with one attached hydrogen (secondary N) is 2. The summed E-state index contributed by atoms with van der Waals surface area (Å²) >= 11 is 0. The first-order valence-corrected chi connectivity index (χ1v) is 11.1. The predicted octanol–water partition coefficient (Wildman–Crippen LogP) is 4.26. The van der Waals surface area contributed by atoms with E-state index in [1.807, 2.05) is 31.2 Å². The second kappa shape index (κ2) is 9.17. The standard InChI is InChI=1S/C22H26N2O3S/c1-17-7-9-18(10-8-17)11-16-22(25)23-19-12-14-21(15-13-19)28(26,27)24-20-5-3-2-4-6-20/h7-16,20,24H,2-6H2,1H3,(H,23,25). The molecule has 1 saturated carbocycles. The molecule has 0 unspecified atom stereocenters. The third-order valence-electron chi connectivity index (χ3n) is 4.86. The van der Waals surface area contributed by atoms with E-state index in [9.17, 15) is 13.2 Å². The molecule has 5 nitrogen and oxygen atoms in total. The van der Waals surface area contributed by atoms with E-state index in [-0.39, 0.29) is 16.8 Å². The molecular formula is C22H26N2O3S. The van der Waals surface area contributed by atoms with Crippen molar-refractivity contribution in [2.75, 3.05) is 5.32 Å². The van der Waals surface area contributed by atoms with Gasteiger partial charge >= 0.3 is 0 Å². The average Bonchev–Trinajstić information content (AvgIpc) is 2.68. The van der Waals surface area contributed by atoms with Crippen molar-refractivity contribution in [2.45, 2.75) is 50.0 Å². The maximum absolute atomic E-state index is 12.5. The van der Waals surface area contributed by atoms with E-state index < -0.39 is 10.0 Å². The van der Waals surface area contributed by atoms with Gasteiger partial charge in [-0.1, -0.05) is 49.1 Å². The van der Waals surface area contributed by atoms with Crippen LogP contribution in [-0.4, -0.2) is 20.4 Å². The van der Waals surface area contributed by atoms with Gasteiger partial charge in [0, 0.05) is 17.8 Å². The van der Waals surface area contributed by atoms with Gasteiger partial charge in [0.25, 0.3) is 0 Å². The van der Waals surface area contributed by atoms with Crippen LogP contribution in [0.15, 0.2) is 59.5 Å². The van der Waals surface area contributed by atoms with Crippen LogP contribution in [-0.2, 0) is 14.8 Å². The van der Waals surface area contributed by atoms with Crippen LogP contribution in [0.2, 0.25) is 0 Å². The lowest BCUT2D eigenvalue weighted by molar-refractivity contribution is -0.111. The topological polar surface area (TPSA) is 75.3 Å². The summed E-state index contributed by atoms with van der Waals surface area (Å²) in [5.41, 5.74) is 2.65. The van der Waals surface area contributed by atoms with Crippen molar-refractivity contribution in [3.05, 3.63) is 65.7 Å². The van der Waals surface area contributed by atoms with Crippen LogP contribution < -0.4 is 10.0 Å². The molecule has 0 heterocycles. The monoisotopic (exact) mass is 398 g/mol. The molecule has 1 aliphatic rings. The zero-order chi connectivity index (χ0) is 20.0. The molecule has 2 aromatic rings. The maximum Gasteiger partial charge on any atom is 0.248 e. The van der Waals surface area contributed by atoms with E-state index in [1.54, 1.807) is 18.2 Å². The third-order valence-corrected chi connectivity index (χ3v) is 6.40. The van der Waals surface area contributed by atoms with Gasteiger partial charge in [-0.15, -0.1) is 0 Å². The van der Waals surface area contributed by atoms with Crippen LogP contribution in [0.25, 0.3) is 6.08 Å². The molecule has 0 spiro atoms. The highest BCUT2D eigenvalue weighted by Gasteiger charge is 2.21. The van der Waals surface area contributed by atoms with Crippen LogP contribution in [0.3, 0.4) is 0 Å². The highest BCUT2D eigenvalue weighted by molar-refractivity contribution is 7.89. The molecule has 3 rings (SSSR count). The highest BCUT2D eigenvalue weighted by Crippen LogP contribution is 2.21. The Kier molecular flexibility index (Phi) is 6.65. The molecule has 0 saturated heterocycles. The number of amides is 1. The summed E-state index contributed by atoms with van der Waals surface area (Å²) in [5.74, 6) is -0.267. The summed E-state index contributed by atoms with van der Waals surface area (Å²) in [6, 6.07) is 14.1. The van der Waals surface area contributed by atoms with Gasteiger partial charge in [-0.2, -0.15) is 0 Å². The molecule has 0 radical (unpaired) electrons. The highest BCUT2D eigenvalue weighted by atomic mass is 32.2. The maximum atomic E-state index is 12.5. The van der Waals surface area contributed by atoms with Crippen molar-refractivity contribution < 1.29 is 13.2 Å². The first-order valence-electron chi connectivity index (χ1n) is 9.60. The Morgan fingerprint density at radius 2 is 1.61 bits per heavy atom. The number of aryl methyl sites for hydroxylation is 1. The second-order valence-corrected chi connectivity index (χ2v) is 8.93. The van der Waals surface area contributed by atoms with Crippen molar-refractivity contribution in [3.63, 3.8) is 0 Å². The van der Waals surface area contributed by atoms with Gasteiger partial charge in [-0.3, -0.25) is 4.79 Å². The Morgan fingerprint density at radius 3 is 2.25 bits per heavy atom. The molecule has 28 heavy (non-hydrogen) atoms. The molecule has 1 amide bonds. The number of sulfonamides is 1. The summed E-state index contributed by atoms with van der Waals surface area (Å²) in [5, 5.41) is 2.74. The lowest BCUT2D eigenvalue weighted by Crippen LogP contribution is -2.36. The SMILES string of the molecule is Cc1ccc(C=CC(=O)Nc2ccc(S(=O)(=O)NC3CCCCC3)cc2)cc1. The minimum Gasteiger partial charge on any atom is -0.323 e. The smallest absolute Gasteiger partial charge is 0.248 e. The summed E-state index contributed by atoms with van der Waals surface area (Å²) in [6.45, 7) is 2.01. The van der Waals surface area contributed by atoms with Gasteiger partial charge < -0.3 is 5.32 Å². The lowest BCUT2D eigenvalue weighted by Gasteiger charge is -2.22. The fraction of sp³-hybridized carbons (Fsp3) is 0.318. The summed E-state index contributed by atoms with van der Waals surface area (Å²) in [4.78, 5) is 12.3. The Hall–Kier alpha value is -2.44. The normalized spacial score (nSPS) is 15.6. The first kappa shape index (κ1) is 20.3. The Labute approximate surface area is 166 Å². The molecule has 0 aromatic heterocycles. The zero-order valence-corrected chi connectivity index (χ0v) is 16.8. The van der Waals surface area contributed by atoms with Crippen molar-refractivity contribution in [3.8, 4) is 0 Å². The largest absolute Gasteiger partial charge is 0.323 e. The molecule has 2 aromatic carbocycles. The van der Waals surface area contributed by atoms with Crippen molar-refractivity contribution >= 4 is 27.7 Å². The van der Waals surface area contributed by atoms with Gasteiger partial charge in [0.2, 0.25) is 15.9 Å².